The van der Waals surface area contributed by atoms with E-state index in [2.05, 4.69) is 129 Å². The summed E-state index contributed by atoms with van der Waals surface area (Å²) in [5, 5.41) is 19.7. The van der Waals surface area contributed by atoms with Gasteiger partial charge in [0.15, 0.2) is 20.0 Å². The summed E-state index contributed by atoms with van der Waals surface area (Å²) in [5.41, 5.74) is 6.51. The van der Waals surface area contributed by atoms with Gasteiger partial charge in [0, 0.05) is 22.3 Å². The lowest BCUT2D eigenvalue weighted by molar-refractivity contribution is -0.599. The summed E-state index contributed by atoms with van der Waals surface area (Å²) in [6.07, 6.45) is 61.8. The molecule has 0 heterocycles. The van der Waals surface area contributed by atoms with Gasteiger partial charge in [0.05, 0.1) is 0 Å². The Morgan fingerprint density at radius 1 is 0.270 bits per heavy atom. The minimum atomic E-state index is -3.20. The zero-order valence-corrected chi connectivity index (χ0v) is 60.1. The van der Waals surface area contributed by atoms with Crippen LogP contribution in [-0.2, 0) is 25.7 Å². The number of benzene rings is 5. The SMILES string of the molecule is CCCCCCCCCCCCc1ccccc1[I+]c1ccccc1CCCCCCCCCCCC.CCCCCCCCCCCCc1ccccc1[I+]c1ccccc1CCCCCCCCCCCC.[O-]B([O-])Oc1c(F)c(F)c(F)c(F)c1F. The first-order valence-electron chi connectivity index (χ1n) is 35.7. The number of halogens is 7. The quantitative estimate of drug-likeness (QED) is 0.00974. The van der Waals surface area contributed by atoms with Gasteiger partial charge in [0.2, 0.25) is 29.1 Å². The highest BCUT2D eigenvalue weighted by molar-refractivity contribution is 6.29. The molecule has 0 aliphatic heterocycles. The Kier molecular flexibility index (Phi) is 49.0. The van der Waals surface area contributed by atoms with Crippen molar-refractivity contribution in [2.75, 3.05) is 0 Å². The fraction of sp³-hybridized carbons (Fsp3) is 0.615. The van der Waals surface area contributed by atoms with Gasteiger partial charge >= 0.3 is 42.4 Å². The molecule has 0 aromatic heterocycles. The molecule has 0 N–H and O–H groups in total. The molecule has 0 aliphatic carbocycles. The van der Waals surface area contributed by atoms with E-state index in [9.17, 15) is 32.0 Å². The molecule has 5 aromatic rings. The van der Waals surface area contributed by atoms with E-state index in [4.69, 9.17) is 0 Å². The molecule has 3 nitrogen and oxygen atoms in total. The Balaban J connectivity index is 0.000000379. The molecule has 0 bridgehead atoms. The highest BCUT2D eigenvalue weighted by Crippen LogP contribution is 2.29. The molecule has 0 spiro atoms. The summed E-state index contributed by atoms with van der Waals surface area (Å²) in [7, 11) is -3.20. The summed E-state index contributed by atoms with van der Waals surface area (Å²) < 4.78 is 72.5. The Bertz CT molecular complexity index is 2220. The van der Waals surface area contributed by atoms with E-state index >= 15 is 0 Å². The monoisotopic (exact) mass is 1460 g/mol. The molecule has 11 heteroatoms. The predicted molar refractivity (Wildman–Crippen MR) is 355 cm³/mol. The summed E-state index contributed by atoms with van der Waals surface area (Å²) >= 11 is -0.189. The van der Waals surface area contributed by atoms with Crippen molar-refractivity contribution in [3.8, 4) is 5.75 Å². The Morgan fingerprint density at radius 3 is 0.652 bits per heavy atom. The van der Waals surface area contributed by atoms with Gasteiger partial charge in [-0.3, -0.25) is 0 Å². The smallest absolute Gasteiger partial charge is 0.358 e. The normalized spacial score (nSPS) is 11.1. The van der Waals surface area contributed by atoms with Crippen molar-refractivity contribution in [2.24, 2.45) is 0 Å². The maximum Gasteiger partial charge on any atom is 0.358 e. The molecule has 0 radical (unpaired) electrons. The lowest BCUT2D eigenvalue weighted by Crippen LogP contribution is -3.62. The van der Waals surface area contributed by atoms with Crippen LogP contribution >= 0.6 is 0 Å². The third-order valence-electron chi connectivity index (χ3n) is 16.8. The fourth-order valence-electron chi connectivity index (χ4n) is 11.4. The van der Waals surface area contributed by atoms with Crippen molar-refractivity contribution in [3.05, 3.63) is 163 Å². The number of hydrogen-bond acceptors (Lipinski definition) is 3. The maximum absolute atomic E-state index is 12.6. The van der Waals surface area contributed by atoms with Crippen LogP contribution in [0.15, 0.2) is 97.1 Å². The van der Waals surface area contributed by atoms with Crippen molar-refractivity contribution in [1.82, 2.24) is 0 Å². The summed E-state index contributed by atoms with van der Waals surface area (Å²) in [4.78, 5) is 0. The lowest BCUT2D eigenvalue weighted by atomic mass is 10.0. The Hall–Kier alpha value is -3.01. The van der Waals surface area contributed by atoms with Crippen LogP contribution in [0.4, 0.5) is 22.0 Å². The number of unbranched alkanes of at least 4 members (excludes halogenated alkanes) is 36. The number of rotatable bonds is 50. The van der Waals surface area contributed by atoms with Crippen molar-refractivity contribution in [1.29, 1.82) is 0 Å². The van der Waals surface area contributed by atoms with Crippen molar-refractivity contribution in [3.63, 3.8) is 0 Å². The second-order valence-corrected chi connectivity index (χ2v) is 30.3. The van der Waals surface area contributed by atoms with Gasteiger partial charge in [0.1, 0.15) is 7.32 Å². The average Bonchev–Trinajstić information content (AvgIpc) is 2.73. The average molecular weight is 1460 g/mol. The van der Waals surface area contributed by atoms with Gasteiger partial charge in [-0.05, 0) is 75.6 Å². The number of hydrogen-bond donors (Lipinski definition) is 0. The van der Waals surface area contributed by atoms with Gasteiger partial charge in [-0.1, -0.05) is 332 Å². The second kappa shape index (κ2) is 54.4. The third-order valence-corrected chi connectivity index (χ3v) is 23.4. The first-order valence-corrected chi connectivity index (χ1v) is 40.0. The topological polar surface area (TPSA) is 55.3 Å². The summed E-state index contributed by atoms with van der Waals surface area (Å²) in [6, 6.07) is 37.4. The fourth-order valence-corrected chi connectivity index (χ4v) is 17.4. The molecule has 0 atom stereocenters. The molecular weight excluding hydrogens is 1340 g/mol. The Morgan fingerprint density at radius 2 is 0.449 bits per heavy atom. The Labute approximate surface area is 560 Å². The van der Waals surface area contributed by atoms with E-state index in [1.807, 2.05) is 0 Å². The first kappa shape index (κ1) is 80.2. The third kappa shape index (κ3) is 37.5. The molecule has 0 unspecified atom stereocenters. The van der Waals surface area contributed by atoms with Gasteiger partial charge < -0.3 is 14.7 Å². The minimum Gasteiger partial charge on any atom is -0.860 e. The second-order valence-electron chi connectivity index (χ2n) is 24.6. The number of aryl methyl sites for hydroxylation is 4. The minimum absolute atomic E-state index is 0.0947. The van der Waals surface area contributed by atoms with Crippen LogP contribution < -0.4 is 57.1 Å². The van der Waals surface area contributed by atoms with Gasteiger partial charge in [-0.2, -0.15) is 8.78 Å². The van der Waals surface area contributed by atoms with Crippen LogP contribution in [-0.4, -0.2) is 7.32 Å². The molecule has 0 saturated heterocycles. The van der Waals surface area contributed by atoms with E-state index in [1.54, 1.807) is 36.5 Å². The maximum atomic E-state index is 12.6. The van der Waals surface area contributed by atoms with E-state index in [0.29, 0.717) is 0 Å². The van der Waals surface area contributed by atoms with Gasteiger partial charge in [0.25, 0.3) is 0 Å². The van der Waals surface area contributed by atoms with Crippen LogP contribution in [0.5, 0.6) is 5.75 Å². The van der Waals surface area contributed by atoms with Gasteiger partial charge in [-0.25, -0.2) is 13.2 Å². The highest BCUT2D eigenvalue weighted by Gasteiger charge is 2.27. The van der Waals surface area contributed by atoms with Crippen molar-refractivity contribution in [2.45, 2.75) is 310 Å². The summed E-state index contributed by atoms with van der Waals surface area (Å²) in [6.45, 7) is 9.22. The zero-order chi connectivity index (χ0) is 64.2. The molecule has 0 amide bonds. The van der Waals surface area contributed by atoms with Gasteiger partial charge in [-0.15, -0.1) is 0 Å². The van der Waals surface area contributed by atoms with Crippen molar-refractivity contribution >= 4 is 7.32 Å². The van der Waals surface area contributed by atoms with Crippen LogP contribution in [0, 0.1) is 43.4 Å². The van der Waals surface area contributed by atoms with E-state index < -0.39 is 42.2 Å². The molecular formula is C78H116BF5I2O3. The lowest BCUT2D eigenvalue weighted by Gasteiger charge is -2.27. The standard InChI is InChI=1S/2C36H58I.C6BF5O3/c2*1-3-5-7-9-11-13-15-17-19-21-27-33-29-23-25-31-35(33)37-36-32-26-24-30-34(36)28-22-20-18-16-14-12-10-8-6-4-2;8-1-2(9)4(11)6(15-7(13)14)5(12)3(1)10/h2*23-26,29-32H,3-22,27-28H2,1-2H3;/q2*+1;-2. The molecule has 5 aromatic carbocycles. The van der Waals surface area contributed by atoms with Crippen LogP contribution in [0.25, 0.3) is 0 Å². The van der Waals surface area contributed by atoms with E-state index in [-0.39, 0.29) is 42.4 Å². The largest absolute Gasteiger partial charge is 0.860 e. The van der Waals surface area contributed by atoms with Crippen molar-refractivity contribution < 1.29 is 79.1 Å². The van der Waals surface area contributed by atoms with E-state index in [1.165, 1.54) is 283 Å². The van der Waals surface area contributed by atoms with Crippen LogP contribution in [0.3, 0.4) is 0 Å². The predicted octanol–water partition coefficient (Wildman–Crippen LogP) is 16.9. The van der Waals surface area contributed by atoms with Crippen LogP contribution in [0.2, 0.25) is 0 Å². The molecule has 5 rings (SSSR count). The first-order chi connectivity index (χ1) is 43.6. The molecule has 0 fully saturated rings. The molecule has 0 aliphatic rings. The zero-order valence-electron chi connectivity index (χ0n) is 55.8. The molecule has 0 saturated carbocycles. The highest BCUT2D eigenvalue weighted by atomic mass is 127. The van der Waals surface area contributed by atoms with Crippen LogP contribution in [0.1, 0.15) is 307 Å². The summed E-state index contributed by atoms with van der Waals surface area (Å²) in [5.74, 6) is -13.6. The molecule has 89 heavy (non-hydrogen) atoms. The van der Waals surface area contributed by atoms with E-state index in [0.717, 1.165) is 0 Å². The molecule has 498 valence electrons.